The highest BCUT2D eigenvalue weighted by Gasteiger charge is 2.09. The molecule has 0 aliphatic rings. The lowest BCUT2D eigenvalue weighted by molar-refractivity contribution is 0.395. The van der Waals surface area contributed by atoms with Gasteiger partial charge < -0.3 is 10.2 Å². The minimum atomic E-state index is 0.565. The quantitative estimate of drug-likeness (QED) is 0.406. The highest BCUT2D eigenvalue weighted by molar-refractivity contribution is 7.80. The minimum Gasteiger partial charge on any atom is -0.349 e. The Morgan fingerprint density at radius 1 is 0.957 bits per heavy atom. The Kier molecular flexibility index (Phi) is 9.93. The molecule has 130 valence electrons. The number of hydrogen-bond acceptors (Lipinski definition) is 1. The molecule has 3 heteroatoms. The molecule has 0 saturated heterocycles. The molecule has 0 saturated carbocycles. The van der Waals surface area contributed by atoms with Gasteiger partial charge in [0.1, 0.15) is 0 Å². The van der Waals surface area contributed by atoms with Crippen LogP contribution in [0.2, 0.25) is 0 Å². The molecule has 0 aliphatic heterocycles. The maximum atomic E-state index is 5.66. The fourth-order valence-electron chi connectivity index (χ4n) is 2.57. The number of unbranched alkanes of at least 4 members (excludes halogenated alkanes) is 4. The first kappa shape index (κ1) is 20.0. The first-order chi connectivity index (χ1) is 11.1. The van der Waals surface area contributed by atoms with Crippen LogP contribution in [0, 0.1) is 0 Å². The first-order valence-electron chi connectivity index (χ1n) is 9.24. The van der Waals surface area contributed by atoms with E-state index in [1.54, 1.807) is 0 Å². The second-order valence-corrected chi connectivity index (χ2v) is 6.99. The zero-order valence-electron chi connectivity index (χ0n) is 15.4. The Balaban J connectivity index is 2.59. The summed E-state index contributed by atoms with van der Waals surface area (Å²) in [6.45, 7) is 11.1. The fourth-order valence-corrected chi connectivity index (χ4v) is 2.87. The van der Waals surface area contributed by atoms with Gasteiger partial charge in [0.15, 0.2) is 5.11 Å². The lowest BCUT2D eigenvalue weighted by Crippen LogP contribution is -2.36. The molecule has 0 bridgehead atoms. The van der Waals surface area contributed by atoms with Crippen molar-refractivity contribution in [3.8, 4) is 0 Å². The van der Waals surface area contributed by atoms with Crippen LogP contribution in [-0.2, 0) is 0 Å². The second kappa shape index (κ2) is 11.4. The van der Waals surface area contributed by atoms with E-state index >= 15 is 0 Å². The predicted molar refractivity (Wildman–Crippen MR) is 107 cm³/mol. The van der Waals surface area contributed by atoms with Crippen molar-refractivity contribution in [2.75, 3.05) is 18.4 Å². The monoisotopic (exact) mass is 334 g/mol. The van der Waals surface area contributed by atoms with Gasteiger partial charge in [0.05, 0.1) is 0 Å². The van der Waals surface area contributed by atoms with Crippen LogP contribution in [0.4, 0.5) is 5.69 Å². The van der Waals surface area contributed by atoms with Gasteiger partial charge in [0.2, 0.25) is 0 Å². The Labute approximate surface area is 148 Å². The number of hydrogen-bond donors (Lipinski definition) is 1. The van der Waals surface area contributed by atoms with Crippen LogP contribution in [0.1, 0.15) is 77.7 Å². The molecule has 1 aromatic carbocycles. The third kappa shape index (κ3) is 7.83. The molecule has 0 fully saturated rings. The van der Waals surface area contributed by atoms with E-state index in [0.717, 1.165) is 23.9 Å². The van der Waals surface area contributed by atoms with Gasteiger partial charge in [-0.25, -0.2) is 0 Å². The van der Waals surface area contributed by atoms with Crippen molar-refractivity contribution in [2.45, 2.75) is 72.1 Å². The summed E-state index contributed by atoms with van der Waals surface area (Å²) in [7, 11) is 0. The molecule has 0 aliphatic carbocycles. The molecular formula is C20H34N2S. The highest BCUT2D eigenvalue weighted by Crippen LogP contribution is 2.17. The molecule has 1 N–H and O–H groups in total. The number of nitrogens with zero attached hydrogens (tertiary/aromatic N) is 1. The third-order valence-corrected chi connectivity index (χ3v) is 4.54. The van der Waals surface area contributed by atoms with E-state index in [-0.39, 0.29) is 0 Å². The summed E-state index contributed by atoms with van der Waals surface area (Å²) in [4.78, 5) is 2.34. The van der Waals surface area contributed by atoms with Crippen molar-refractivity contribution in [3.05, 3.63) is 29.8 Å². The van der Waals surface area contributed by atoms with E-state index in [0.29, 0.717) is 5.92 Å². The van der Waals surface area contributed by atoms with E-state index in [1.165, 1.54) is 44.1 Å². The van der Waals surface area contributed by atoms with Crippen LogP contribution < -0.4 is 5.32 Å². The van der Waals surface area contributed by atoms with Crippen molar-refractivity contribution >= 4 is 23.0 Å². The summed E-state index contributed by atoms with van der Waals surface area (Å²) in [5, 5.41) is 4.29. The van der Waals surface area contributed by atoms with Gasteiger partial charge >= 0.3 is 0 Å². The Hall–Kier alpha value is -1.09. The van der Waals surface area contributed by atoms with Crippen molar-refractivity contribution in [2.24, 2.45) is 0 Å². The van der Waals surface area contributed by atoms with Gasteiger partial charge in [-0.3, -0.25) is 0 Å². The standard InChI is InChI=1S/C20H34N2S/c1-5-7-9-15-22(16-10-8-6-2)20(23)21-19-13-11-18(12-14-19)17(3)4/h11-14,17H,5-10,15-16H2,1-4H3,(H,21,23). The van der Waals surface area contributed by atoms with Crippen molar-refractivity contribution in [1.82, 2.24) is 4.90 Å². The van der Waals surface area contributed by atoms with Crippen LogP contribution in [0.3, 0.4) is 0 Å². The van der Waals surface area contributed by atoms with Crippen LogP contribution in [0.25, 0.3) is 0 Å². The molecule has 0 amide bonds. The van der Waals surface area contributed by atoms with E-state index in [1.807, 2.05) is 0 Å². The Morgan fingerprint density at radius 3 is 1.91 bits per heavy atom. The zero-order chi connectivity index (χ0) is 17.1. The summed E-state index contributed by atoms with van der Waals surface area (Å²) in [6, 6.07) is 8.65. The zero-order valence-corrected chi connectivity index (χ0v) is 16.2. The molecule has 23 heavy (non-hydrogen) atoms. The number of rotatable bonds is 10. The van der Waals surface area contributed by atoms with E-state index in [2.05, 4.69) is 62.2 Å². The van der Waals surface area contributed by atoms with E-state index in [9.17, 15) is 0 Å². The summed E-state index contributed by atoms with van der Waals surface area (Å²) in [6.07, 6.45) is 7.48. The van der Waals surface area contributed by atoms with Crippen LogP contribution in [0.5, 0.6) is 0 Å². The maximum absolute atomic E-state index is 5.66. The average Bonchev–Trinajstić information content (AvgIpc) is 2.54. The molecule has 2 nitrogen and oxygen atoms in total. The Morgan fingerprint density at radius 2 is 1.48 bits per heavy atom. The first-order valence-corrected chi connectivity index (χ1v) is 9.65. The summed E-state index contributed by atoms with van der Waals surface area (Å²) in [5.41, 5.74) is 2.46. The SMILES string of the molecule is CCCCCN(CCCCC)C(=S)Nc1ccc(C(C)C)cc1. The van der Waals surface area contributed by atoms with Crippen molar-refractivity contribution in [1.29, 1.82) is 0 Å². The normalized spacial score (nSPS) is 10.8. The number of anilines is 1. The average molecular weight is 335 g/mol. The largest absolute Gasteiger partial charge is 0.349 e. The number of nitrogens with one attached hydrogen (secondary N) is 1. The summed E-state index contributed by atoms with van der Waals surface area (Å²) >= 11 is 5.66. The van der Waals surface area contributed by atoms with Gasteiger partial charge in [0.25, 0.3) is 0 Å². The number of benzene rings is 1. The lowest BCUT2D eigenvalue weighted by Gasteiger charge is -2.26. The van der Waals surface area contributed by atoms with Gasteiger partial charge in [-0.1, -0.05) is 65.5 Å². The molecule has 0 atom stereocenters. The summed E-state index contributed by atoms with van der Waals surface area (Å²) < 4.78 is 0. The number of thiocarbonyl (C=S) groups is 1. The van der Waals surface area contributed by atoms with E-state index in [4.69, 9.17) is 12.2 Å². The lowest BCUT2D eigenvalue weighted by atomic mass is 10.0. The smallest absolute Gasteiger partial charge is 0.173 e. The minimum absolute atomic E-state index is 0.565. The molecule has 0 heterocycles. The molecule has 0 aromatic heterocycles. The third-order valence-electron chi connectivity index (χ3n) is 4.18. The molecule has 1 aromatic rings. The molecule has 0 spiro atoms. The van der Waals surface area contributed by atoms with Gasteiger partial charge in [-0.15, -0.1) is 0 Å². The fraction of sp³-hybridized carbons (Fsp3) is 0.650. The molecule has 0 radical (unpaired) electrons. The van der Waals surface area contributed by atoms with Crippen LogP contribution >= 0.6 is 12.2 Å². The van der Waals surface area contributed by atoms with Gasteiger partial charge in [-0.05, 0) is 48.7 Å². The van der Waals surface area contributed by atoms with Crippen molar-refractivity contribution < 1.29 is 0 Å². The molecule has 0 unspecified atom stereocenters. The van der Waals surface area contributed by atoms with E-state index < -0.39 is 0 Å². The summed E-state index contributed by atoms with van der Waals surface area (Å²) in [5.74, 6) is 0.565. The maximum Gasteiger partial charge on any atom is 0.173 e. The second-order valence-electron chi connectivity index (χ2n) is 6.61. The molecule has 1 rings (SSSR count). The Bertz CT molecular complexity index is 429. The van der Waals surface area contributed by atoms with Crippen LogP contribution in [0.15, 0.2) is 24.3 Å². The van der Waals surface area contributed by atoms with Gasteiger partial charge in [0, 0.05) is 18.8 Å². The topological polar surface area (TPSA) is 15.3 Å². The highest BCUT2D eigenvalue weighted by atomic mass is 32.1. The molecular weight excluding hydrogens is 300 g/mol. The van der Waals surface area contributed by atoms with Crippen molar-refractivity contribution in [3.63, 3.8) is 0 Å². The van der Waals surface area contributed by atoms with Crippen LogP contribution in [-0.4, -0.2) is 23.1 Å². The van der Waals surface area contributed by atoms with Gasteiger partial charge in [-0.2, -0.15) is 0 Å². The predicted octanol–water partition coefficient (Wildman–Crippen LogP) is 6.19.